The summed E-state index contributed by atoms with van der Waals surface area (Å²) in [4.78, 5) is 0. The lowest BCUT2D eigenvalue weighted by molar-refractivity contribution is 0.00578. The molecule has 4 heteroatoms. The number of rotatable bonds is 4. The lowest BCUT2D eigenvalue weighted by Gasteiger charge is -2.32. The molecule has 1 fully saturated rings. The van der Waals surface area contributed by atoms with E-state index in [1.54, 1.807) is 0 Å². The summed E-state index contributed by atoms with van der Waals surface area (Å²) >= 11 is 0. The average molecular weight is 639 g/mol. The minimum absolute atomic E-state index is 0.172. The Hall–Kier alpha value is -4.90. The van der Waals surface area contributed by atoms with Gasteiger partial charge in [0.2, 0.25) is 0 Å². The average Bonchev–Trinajstić information content (AvgIpc) is 3.67. The van der Waals surface area contributed by atoms with Crippen LogP contribution in [0.1, 0.15) is 52.7 Å². The molecule has 0 bridgehead atoms. The molecule has 2 heterocycles. The van der Waals surface area contributed by atoms with Gasteiger partial charge in [0, 0.05) is 16.2 Å². The first-order valence-electron chi connectivity index (χ1n) is 17.3. The van der Waals surface area contributed by atoms with Crippen LogP contribution in [-0.2, 0) is 14.7 Å². The summed E-state index contributed by atoms with van der Waals surface area (Å²) in [6.07, 6.45) is 0. The van der Waals surface area contributed by atoms with Gasteiger partial charge < -0.3 is 13.7 Å². The topological polar surface area (TPSA) is 31.6 Å². The van der Waals surface area contributed by atoms with E-state index in [1.165, 1.54) is 44.5 Å². The van der Waals surface area contributed by atoms with Crippen LogP contribution in [0.25, 0.3) is 66.4 Å². The Bertz CT molecular complexity index is 2420. The molecule has 7 aromatic rings. The molecule has 0 amide bonds. The number of fused-ring (bicyclic) bond motifs is 6. The highest BCUT2D eigenvalue weighted by atomic mass is 16.7. The van der Waals surface area contributed by atoms with Gasteiger partial charge in [-0.2, -0.15) is 0 Å². The highest BCUT2D eigenvalue weighted by Gasteiger charge is 2.51. The molecule has 1 aliphatic carbocycles. The van der Waals surface area contributed by atoms with E-state index in [9.17, 15) is 0 Å². The van der Waals surface area contributed by atoms with Gasteiger partial charge in [0.1, 0.15) is 11.2 Å². The fourth-order valence-electron chi connectivity index (χ4n) is 7.73. The molecule has 1 aliphatic heterocycles. The van der Waals surface area contributed by atoms with E-state index in [4.69, 9.17) is 13.7 Å². The number of hydrogen-bond acceptors (Lipinski definition) is 3. The molecule has 6 aromatic carbocycles. The smallest absolute Gasteiger partial charge is 0.456 e. The standard InChI is InChI=1S/C45H39BO3/c1-43(2)39-26-30(29-18-21-42-38(25-29)37-14-10-11-15-41(37)47-42)16-19-35(39)36-20-17-31(27-40(36)43)33-22-32(28-12-8-7-9-13-28)23-34(24-33)46-48-44(3,4)45(5,6)49-46/h7-27H,1-6H3. The highest BCUT2D eigenvalue weighted by molar-refractivity contribution is 6.62. The largest absolute Gasteiger partial charge is 0.494 e. The molecule has 0 atom stereocenters. The second kappa shape index (κ2) is 10.6. The van der Waals surface area contributed by atoms with Crippen LogP contribution in [0.2, 0.25) is 0 Å². The van der Waals surface area contributed by atoms with Crippen molar-refractivity contribution in [2.75, 3.05) is 0 Å². The molecule has 3 nitrogen and oxygen atoms in total. The van der Waals surface area contributed by atoms with E-state index >= 15 is 0 Å². The van der Waals surface area contributed by atoms with Crippen LogP contribution in [0.15, 0.2) is 132 Å². The molecule has 1 aromatic heterocycles. The van der Waals surface area contributed by atoms with Gasteiger partial charge in [0.25, 0.3) is 0 Å². The molecule has 0 unspecified atom stereocenters. The molecular weight excluding hydrogens is 599 g/mol. The molecule has 0 spiro atoms. The predicted molar refractivity (Wildman–Crippen MR) is 203 cm³/mol. The molecule has 49 heavy (non-hydrogen) atoms. The van der Waals surface area contributed by atoms with E-state index in [2.05, 4.69) is 157 Å². The van der Waals surface area contributed by atoms with E-state index in [0.717, 1.165) is 38.5 Å². The SMILES string of the molecule is CC1(C)c2cc(-c3cc(B4OC(C)(C)C(C)(C)O4)cc(-c4ccccc4)c3)ccc2-c2ccc(-c3ccc4oc5ccccc5c4c3)cc21. The summed E-state index contributed by atoms with van der Waals surface area (Å²) in [6, 6.07) is 46.1. The van der Waals surface area contributed by atoms with Crippen LogP contribution in [0, 0.1) is 0 Å². The molecule has 9 rings (SSSR count). The Morgan fingerprint density at radius 1 is 0.429 bits per heavy atom. The van der Waals surface area contributed by atoms with Crippen LogP contribution in [0.5, 0.6) is 0 Å². The Morgan fingerprint density at radius 3 is 1.63 bits per heavy atom. The Labute approximate surface area is 288 Å². The van der Waals surface area contributed by atoms with Gasteiger partial charge in [-0.25, -0.2) is 0 Å². The molecule has 2 aliphatic rings. The van der Waals surface area contributed by atoms with E-state index < -0.39 is 18.3 Å². The van der Waals surface area contributed by atoms with E-state index in [0.29, 0.717) is 0 Å². The lowest BCUT2D eigenvalue weighted by atomic mass is 9.76. The lowest BCUT2D eigenvalue weighted by Crippen LogP contribution is -2.41. The first-order valence-corrected chi connectivity index (χ1v) is 17.3. The zero-order chi connectivity index (χ0) is 33.7. The van der Waals surface area contributed by atoms with Crippen molar-refractivity contribution in [3.63, 3.8) is 0 Å². The summed E-state index contributed by atoms with van der Waals surface area (Å²) in [5.74, 6) is 0. The summed E-state index contributed by atoms with van der Waals surface area (Å²) in [5.41, 5.74) is 14.3. The third kappa shape index (κ3) is 4.73. The first kappa shape index (κ1) is 30.2. The maximum Gasteiger partial charge on any atom is 0.494 e. The Morgan fingerprint density at radius 2 is 0.959 bits per heavy atom. The van der Waals surface area contributed by atoms with Gasteiger partial charge in [0.05, 0.1) is 11.2 Å². The van der Waals surface area contributed by atoms with Crippen molar-refractivity contribution >= 4 is 34.5 Å². The van der Waals surface area contributed by atoms with Crippen molar-refractivity contribution in [1.82, 2.24) is 0 Å². The third-order valence-corrected chi connectivity index (χ3v) is 11.3. The van der Waals surface area contributed by atoms with Gasteiger partial charge >= 0.3 is 7.12 Å². The highest BCUT2D eigenvalue weighted by Crippen LogP contribution is 2.51. The van der Waals surface area contributed by atoms with Gasteiger partial charge in [0.15, 0.2) is 0 Å². The second-order valence-electron chi connectivity index (χ2n) is 15.3. The van der Waals surface area contributed by atoms with Crippen LogP contribution in [0.4, 0.5) is 0 Å². The normalized spacial score (nSPS) is 17.1. The maximum atomic E-state index is 6.54. The molecular formula is C45H39BO3. The minimum atomic E-state index is -0.444. The zero-order valence-electron chi connectivity index (χ0n) is 28.9. The number of hydrogen-bond donors (Lipinski definition) is 0. The third-order valence-electron chi connectivity index (χ3n) is 11.3. The van der Waals surface area contributed by atoms with Crippen molar-refractivity contribution in [3.05, 3.63) is 139 Å². The van der Waals surface area contributed by atoms with Crippen molar-refractivity contribution in [3.8, 4) is 44.5 Å². The molecule has 0 radical (unpaired) electrons. The Balaban J connectivity index is 1.12. The number of furan rings is 1. The Kier molecular flexibility index (Phi) is 6.50. The summed E-state index contributed by atoms with van der Waals surface area (Å²) in [6.45, 7) is 13.1. The van der Waals surface area contributed by atoms with E-state index in [1.807, 2.05) is 12.1 Å². The quantitative estimate of drug-likeness (QED) is 0.180. The summed E-state index contributed by atoms with van der Waals surface area (Å²) in [5, 5.41) is 2.30. The minimum Gasteiger partial charge on any atom is -0.456 e. The number of benzene rings is 6. The maximum absolute atomic E-state index is 6.54. The first-order chi connectivity index (χ1) is 23.5. The zero-order valence-corrected chi connectivity index (χ0v) is 28.9. The molecule has 0 N–H and O–H groups in total. The van der Waals surface area contributed by atoms with Gasteiger partial charge in [-0.15, -0.1) is 0 Å². The summed E-state index contributed by atoms with van der Waals surface area (Å²) < 4.78 is 19.2. The van der Waals surface area contributed by atoms with Crippen LogP contribution in [0.3, 0.4) is 0 Å². The predicted octanol–water partition coefficient (Wildman–Crippen LogP) is 11.2. The van der Waals surface area contributed by atoms with Gasteiger partial charge in [-0.05, 0) is 125 Å². The van der Waals surface area contributed by atoms with Crippen molar-refractivity contribution in [2.24, 2.45) is 0 Å². The van der Waals surface area contributed by atoms with Crippen LogP contribution < -0.4 is 5.46 Å². The second-order valence-corrected chi connectivity index (χ2v) is 15.3. The molecule has 240 valence electrons. The van der Waals surface area contributed by atoms with Crippen molar-refractivity contribution in [1.29, 1.82) is 0 Å². The van der Waals surface area contributed by atoms with Gasteiger partial charge in [-0.3, -0.25) is 0 Å². The van der Waals surface area contributed by atoms with Gasteiger partial charge in [-0.1, -0.05) is 105 Å². The van der Waals surface area contributed by atoms with Crippen LogP contribution >= 0.6 is 0 Å². The fraction of sp³-hybridized carbons (Fsp3) is 0.200. The summed E-state index contributed by atoms with van der Waals surface area (Å²) in [7, 11) is -0.444. The van der Waals surface area contributed by atoms with Crippen LogP contribution in [-0.4, -0.2) is 18.3 Å². The fourth-order valence-corrected chi connectivity index (χ4v) is 7.73. The van der Waals surface area contributed by atoms with E-state index in [-0.39, 0.29) is 5.41 Å². The molecule has 0 saturated carbocycles. The monoisotopic (exact) mass is 638 g/mol. The molecule has 1 saturated heterocycles. The number of para-hydroxylation sites is 1. The van der Waals surface area contributed by atoms with Crippen molar-refractivity contribution < 1.29 is 13.7 Å². The van der Waals surface area contributed by atoms with Crippen molar-refractivity contribution in [2.45, 2.75) is 58.2 Å².